The van der Waals surface area contributed by atoms with Crippen molar-refractivity contribution in [2.45, 2.75) is 51.4 Å². The summed E-state index contributed by atoms with van der Waals surface area (Å²) in [6, 6.07) is 0.0908. The Balaban J connectivity index is 1.09. The van der Waals surface area contributed by atoms with Crippen molar-refractivity contribution in [2.75, 3.05) is 45.9 Å². The number of amides is 3. The average Bonchev–Trinajstić information content (AvgIpc) is 2.71. The van der Waals surface area contributed by atoms with Crippen LogP contribution in [0.1, 0.15) is 51.4 Å². The van der Waals surface area contributed by atoms with Gasteiger partial charge in [0.1, 0.15) is 0 Å². The molecule has 0 atom stereocenters. The van der Waals surface area contributed by atoms with Gasteiger partial charge in [-0.05, 0) is 74.5 Å². The molecule has 6 heteroatoms. The molecule has 6 aliphatic rings. The van der Waals surface area contributed by atoms with Crippen LogP contribution in [0.15, 0.2) is 0 Å². The second-order valence-electron chi connectivity index (χ2n) is 10.3. The molecule has 4 saturated carbocycles. The Hall–Kier alpha value is -1.30. The zero-order valence-corrected chi connectivity index (χ0v) is 17.0. The number of carbonyl (C=O) groups excluding carboxylic acids is 2. The van der Waals surface area contributed by atoms with Crippen molar-refractivity contribution in [3.63, 3.8) is 0 Å². The molecule has 2 saturated heterocycles. The number of rotatable bonds is 3. The number of morpholine rings is 1. The van der Waals surface area contributed by atoms with Crippen molar-refractivity contribution >= 4 is 11.9 Å². The first kappa shape index (κ1) is 18.7. The highest BCUT2D eigenvalue weighted by Gasteiger charge is 2.50. The van der Waals surface area contributed by atoms with Crippen molar-refractivity contribution in [2.24, 2.45) is 29.1 Å². The Labute approximate surface area is 168 Å². The Morgan fingerprint density at radius 2 is 1.43 bits per heavy atom. The van der Waals surface area contributed by atoms with Crippen LogP contribution in [0, 0.1) is 29.1 Å². The minimum atomic E-state index is 0.0744. The van der Waals surface area contributed by atoms with Crippen molar-refractivity contribution in [3.8, 4) is 0 Å². The largest absolute Gasteiger partial charge is 0.378 e. The molecule has 0 spiro atoms. The molecule has 4 aliphatic carbocycles. The molecule has 0 unspecified atom stereocenters. The molecule has 0 radical (unpaired) electrons. The van der Waals surface area contributed by atoms with Crippen LogP contribution in [0.2, 0.25) is 0 Å². The molecule has 0 aromatic carbocycles. The van der Waals surface area contributed by atoms with Gasteiger partial charge >= 0.3 is 6.03 Å². The molecule has 0 aromatic rings. The predicted molar refractivity (Wildman–Crippen MR) is 106 cm³/mol. The van der Waals surface area contributed by atoms with Gasteiger partial charge in [0.15, 0.2) is 0 Å². The van der Waals surface area contributed by atoms with Crippen LogP contribution in [0.5, 0.6) is 0 Å². The summed E-state index contributed by atoms with van der Waals surface area (Å²) in [5.41, 5.74) is 0.384. The first-order chi connectivity index (χ1) is 13.6. The van der Waals surface area contributed by atoms with Gasteiger partial charge in [0.2, 0.25) is 5.91 Å². The van der Waals surface area contributed by atoms with E-state index in [0.29, 0.717) is 44.8 Å². The van der Waals surface area contributed by atoms with Crippen LogP contribution in [-0.4, -0.2) is 67.7 Å². The first-order valence-electron chi connectivity index (χ1n) is 11.5. The van der Waals surface area contributed by atoms with E-state index in [4.69, 9.17) is 4.74 Å². The highest BCUT2D eigenvalue weighted by molar-refractivity contribution is 5.80. The first-order valence-corrected chi connectivity index (χ1v) is 11.5. The van der Waals surface area contributed by atoms with E-state index in [9.17, 15) is 9.59 Å². The van der Waals surface area contributed by atoms with Gasteiger partial charge in [0.05, 0.1) is 13.2 Å². The van der Waals surface area contributed by atoms with E-state index in [-0.39, 0.29) is 17.9 Å². The zero-order chi connectivity index (χ0) is 19.1. The maximum atomic E-state index is 12.8. The van der Waals surface area contributed by atoms with E-state index in [1.165, 1.54) is 38.5 Å². The topological polar surface area (TPSA) is 61.9 Å². The lowest BCUT2D eigenvalue weighted by molar-refractivity contribution is -0.141. The molecule has 1 N–H and O–H groups in total. The van der Waals surface area contributed by atoms with Gasteiger partial charge in [-0.2, -0.15) is 0 Å². The van der Waals surface area contributed by atoms with Gasteiger partial charge in [-0.25, -0.2) is 4.79 Å². The fourth-order valence-corrected chi connectivity index (χ4v) is 7.25. The molecular formula is C22H35N3O3. The summed E-state index contributed by atoms with van der Waals surface area (Å²) in [7, 11) is 0. The summed E-state index contributed by atoms with van der Waals surface area (Å²) in [5, 5.41) is 3.29. The second-order valence-corrected chi connectivity index (χ2v) is 10.3. The summed E-state index contributed by atoms with van der Waals surface area (Å²) >= 11 is 0. The molecular weight excluding hydrogens is 354 g/mol. The van der Waals surface area contributed by atoms with Gasteiger partial charge in [-0.3, -0.25) is 4.79 Å². The number of ether oxygens (including phenoxy) is 1. The van der Waals surface area contributed by atoms with Crippen LogP contribution >= 0.6 is 0 Å². The van der Waals surface area contributed by atoms with E-state index in [1.54, 1.807) is 0 Å². The van der Waals surface area contributed by atoms with Gasteiger partial charge < -0.3 is 19.9 Å². The maximum absolute atomic E-state index is 12.8. The van der Waals surface area contributed by atoms with Gasteiger partial charge in [-0.1, -0.05) is 0 Å². The molecule has 6 fully saturated rings. The number of nitrogens with one attached hydrogen (secondary N) is 1. The van der Waals surface area contributed by atoms with Crippen LogP contribution in [-0.2, 0) is 9.53 Å². The molecule has 156 valence electrons. The summed E-state index contributed by atoms with van der Waals surface area (Å²) in [5.74, 6) is 3.10. The van der Waals surface area contributed by atoms with Crippen molar-refractivity contribution in [3.05, 3.63) is 0 Å². The van der Waals surface area contributed by atoms with Crippen molar-refractivity contribution in [1.82, 2.24) is 15.1 Å². The normalized spacial score (nSPS) is 37.9. The molecule has 2 aliphatic heterocycles. The Bertz CT molecular complexity index is 573. The number of hydrogen-bond acceptors (Lipinski definition) is 3. The molecule has 0 aromatic heterocycles. The number of piperidine rings is 1. The lowest BCUT2D eigenvalue weighted by atomic mass is 9.49. The minimum absolute atomic E-state index is 0.0744. The van der Waals surface area contributed by atoms with Crippen LogP contribution in [0.4, 0.5) is 4.79 Å². The third-order valence-electron chi connectivity index (χ3n) is 8.23. The number of nitrogens with zero attached hydrogens (tertiary/aromatic N) is 2. The van der Waals surface area contributed by atoms with Crippen LogP contribution < -0.4 is 5.32 Å². The van der Waals surface area contributed by atoms with Gasteiger partial charge in [-0.15, -0.1) is 0 Å². The standard InChI is InChI=1S/C22H35N3O3/c26-20(24-5-7-28-8-6-24)19-1-3-25(4-2-19)21(27)23-15-22-12-16-9-17(13-22)11-18(10-16)14-22/h16-19H,1-15H2,(H,23,27). The second kappa shape index (κ2) is 7.51. The smallest absolute Gasteiger partial charge is 0.317 e. The third-order valence-corrected chi connectivity index (χ3v) is 8.23. The minimum Gasteiger partial charge on any atom is -0.378 e. The average molecular weight is 390 g/mol. The summed E-state index contributed by atoms with van der Waals surface area (Å²) in [4.78, 5) is 29.3. The SMILES string of the molecule is O=C(NCC12CC3CC(CC(C3)C1)C2)N1CCC(C(=O)N2CCOCC2)CC1. The van der Waals surface area contributed by atoms with E-state index in [0.717, 1.165) is 37.1 Å². The highest BCUT2D eigenvalue weighted by atomic mass is 16.5. The van der Waals surface area contributed by atoms with Gasteiger partial charge in [0.25, 0.3) is 0 Å². The van der Waals surface area contributed by atoms with Gasteiger partial charge in [0, 0.05) is 38.6 Å². The zero-order valence-electron chi connectivity index (χ0n) is 17.0. The molecule has 28 heavy (non-hydrogen) atoms. The highest BCUT2D eigenvalue weighted by Crippen LogP contribution is 2.59. The Kier molecular flexibility index (Phi) is 5.02. The number of urea groups is 1. The third kappa shape index (κ3) is 3.64. The number of likely N-dealkylation sites (tertiary alicyclic amines) is 1. The van der Waals surface area contributed by atoms with E-state index in [1.807, 2.05) is 9.80 Å². The number of hydrogen-bond donors (Lipinski definition) is 1. The summed E-state index contributed by atoms with van der Waals surface area (Å²) in [6.07, 6.45) is 9.90. The quantitative estimate of drug-likeness (QED) is 0.807. The van der Waals surface area contributed by atoms with Crippen LogP contribution in [0.3, 0.4) is 0 Å². The fourth-order valence-electron chi connectivity index (χ4n) is 7.25. The lowest BCUT2D eigenvalue weighted by Gasteiger charge is -2.57. The molecule has 4 bridgehead atoms. The summed E-state index contributed by atoms with van der Waals surface area (Å²) < 4.78 is 5.34. The Morgan fingerprint density at radius 3 is 2.00 bits per heavy atom. The summed E-state index contributed by atoms with van der Waals surface area (Å²) in [6.45, 7) is 4.99. The molecule has 6 nitrogen and oxygen atoms in total. The lowest BCUT2D eigenvalue weighted by Crippen LogP contribution is -2.54. The monoisotopic (exact) mass is 389 g/mol. The van der Waals surface area contributed by atoms with E-state index in [2.05, 4.69) is 5.32 Å². The maximum Gasteiger partial charge on any atom is 0.317 e. The van der Waals surface area contributed by atoms with Crippen LogP contribution in [0.25, 0.3) is 0 Å². The van der Waals surface area contributed by atoms with E-state index < -0.39 is 0 Å². The molecule has 2 heterocycles. The molecule has 6 rings (SSSR count). The Morgan fingerprint density at radius 1 is 0.857 bits per heavy atom. The van der Waals surface area contributed by atoms with Crippen molar-refractivity contribution < 1.29 is 14.3 Å². The number of carbonyl (C=O) groups is 2. The fraction of sp³-hybridized carbons (Fsp3) is 0.909. The predicted octanol–water partition coefficient (Wildman–Crippen LogP) is 2.48. The van der Waals surface area contributed by atoms with E-state index >= 15 is 0 Å². The van der Waals surface area contributed by atoms with Crippen molar-refractivity contribution in [1.29, 1.82) is 0 Å². The molecule has 3 amide bonds.